The minimum atomic E-state index is -2.98. The molecule has 0 fully saturated rings. The van der Waals surface area contributed by atoms with Crippen LogP contribution in [0.15, 0.2) is 18.2 Å². The summed E-state index contributed by atoms with van der Waals surface area (Å²) < 4.78 is 29.8. The average molecular weight is 245 g/mol. The van der Waals surface area contributed by atoms with E-state index in [9.17, 15) is 23.7 Å². The van der Waals surface area contributed by atoms with E-state index in [4.69, 9.17) is 0 Å². The molecule has 0 aromatic heterocycles. The number of nitro groups is 1. The first kappa shape index (κ1) is 13.0. The van der Waals surface area contributed by atoms with Gasteiger partial charge in [-0.05, 0) is 6.92 Å². The first-order valence-electron chi connectivity index (χ1n) is 4.71. The number of alkyl halides is 2. The summed E-state index contributed by atoms with van der Waals surface area (Å²) in [6.45, 7) is 1.43. The van der Waals surface area contributed by atoms with Gasteiger partial charge in [-0.2, -0.15) is 0 Å². The maximum Gasteiger partial charge on any atom is 0.345 e. The van der Waals surface area contributed by atoms with E-state index in [1.165, 1.54) is 6.92 Å². The monoisotopic (exact) mass is 245 g/mol. The van der Waals surface area contributed by atoms with Crippen molar-refractivity contribution in [1.29, 1.82) is 0 Å². The SMILES string of the molecule is CCOC(=O)c1c(C(F)F)cccc1[N+](=O)[O-]. The zero-order valence-corrected chi connectivity index (χ0v) is 8.85. The lowest BCUT2D eigenvalue weighted by atomic mass is 10.1. The van der Waals surface area contributed by atoms with Crippen LogP contribution in [0.2, 0.25) is 0 Å². The normalized spacial score (nSPS) is 10.4. The van der Waals surface area contributed by atoms with Crippen molar-refractivity contribution in [2.24, 2.45) is 0 Å². The van der Waals surface area contributed by atoms with Crippen molar-refractivity contribution in [3.05, 3.63) is 39.4 Å². The van der Waals surface area contributed by atoms with Crippen LogP contribution in [0.3, 0.4) is 0 Å². The molecule has 0 bridgehead atoms. The van der Waals surface area contributed by atoms with E-state index < -0.39 is 34.1 Å². The van der Waals surface area contributed by atoms with Crippen molar-refractivity contribution in [2.75, 3.05) is 6.61 Å². The van der Waals surface area contributed by atoms with Crippen LogP contribution in [0.5, 0.6) is 0 Å². The Morgan fingerprint density at radius 3 is 2.65 bits per heavy atom. The second-order valence-electron chi connectivity index (χ2n) is 3.02. The molecule has 0 heterocycles. The van der Waals surface area contributed by atoms with Crippen LogP contribution in [0.4, 0.5) is 14.5 Å². The molecular weight excluding hydrogens is 236 g/mol. The molecule has 0 spiro atoms. The molecule has 1 rings (SSSR count). The predicted molar refractivity (Wildman–Crippen MR) is 54.0 cm³/mol. The van der Waals surface area contributed by atoms with Crippen molar-refractivity contribution >= 4 is 11.7 Å². The summed E-state index contributed by atoms with van der Waals surface area (Å²) in [6, 6.07) is 3.05. The molecule has 0 aliphatic rings. The van der Waals surface area contributed by atoms with Gasteiger partial charge in [-0.25, -0.2) is 13.6 Å². The summed E-state index contributed by atoms with van der Waals surface area (Å²) in [5, 5.41) is 10.7. The molecule has 7 heteroatoms. The Labute approximate surface area is 95.2 Å². The Balaban J connectivity index is 3.38. The van der Waals surface area contributed by atoms with Gasteiger partial charge in [-0.1, -0.05) is 12.1 Å². The first-order chi connectivity index (χ1) is 7.99. The molecular formula is C10H9F2NO4. The Kier molecular flexibility index (Phi) is 4.08. The predicted octanol–water partition coefficient (Wildman–Crippen LogP) is 2.71. The Morgan fingerprint density at radius 1 is 1.53 bits per heavy atom. The Bertz CT molecular complexity index is 448. The number of rotatable bonds is 4. The first-order valence-corrected chi connectivity index (χ1v) is 4.71. The molecule has 0 saturated heterocycles. The van der Waals surface area contributed by atoms with E-state index in [1.807, 2.05) is 0 Å². The molecule has 0 unspecified atom stereocenters. The van der Waals surface area contributed by atoms with E-state index in [1.54, 1.807) is 0 Å². The number of carbonyl (C=O) groups excluding carboxylic acids is 1. The number of ether oxygens (including phenoxy) is 1. The van der Waals surface area contributed by atoms with Crippen LogP contribution >= 0.6 is 0 Å². The summed E-state index contributed by atoms with van der Waals surface area (Å²) in [7, 11) is 0. The molecule has 0 atom stereocenters. The largest absolute Gasteiger partial charge is 0.462 e. The van der Waals surface area contributed by atoms with Crippen LogP contribution in [-0.4, -0.2) is 17.5 Å². The molecule has 0 aliphatic carbocycles. The van der Waals surface area contributed by atoms with Crippen molar-refractivity contribution in [3.63, 3.8) is 0 Å². The topological polar surface area (TPSA) is 69.4 Å². The summed E-state index contributed by atoms with van der Waals surface area (Å²) in [6.07, 6.45) is -2.98. The molecule has 5 nitrogen and oxygen atoms in total. The van der Waals surface area contributed by atoms with Gasteiger partial charge in [0.25, 0.3) is 12.1 Å². The van der Waals surface area contributed by atoms with Crippen LogP contribution in [0.25, 0.3) is 0 Å². The van der Waals surface area contributed by atoms with Gasteiger partial charge in [0.05, 0.1) is 11.5 Å². The number of esters is 1. The van der Waals surface area contributed by atoms with Gasteiger partial charge in [0.1, 0.15) is 5.56 Å². The van der Waals surface area contributed by atoms with Crippen LogP contribution < -0.4 is 0 Å². The zero-order chi connectivity index (χ0) is 13.0. The van der Waals surface area contributed by atoms with Crippen molar-refractivity contribution in [3.8, 4) is 0 Å². The number of nitrogens with zero attached hydrogens (tertiary/aromatic N) is 1. The highest BCUT2D eigenvalue weighted by molar-refractivity contribution is 5.95. The van der Waals surface area contributed by atoms with E-state index in [-0.39, 0.29) is 6.61 Å². The third kappa shape index (κ3) is 2.74. The van der Waals surface area contributed by atoms with Crippen molar-refractivity contribution in [1.82, 2.24) is 0 Å². The number of hydrogen-bond acceptors (Lipinski definition) is 4. The minimum Gasteiger partial charge on any atom is -0.462 e. The van der Waals surface area contributed by atoms with E-state index in [0.29, 0.717) is 0 Å². The lowest BCUT2D eigenvalue weighted by Gasteiger charge is -2.08. The van der Waals surface area contributed by atoms with Gasteiger partial charge in [0.2, 0.25) is 0 Å². The third-order valence-electron chi connectivity index (χ3n) is 1.99. The smallest absolute Gasteiger partial charge is 0.345 e. The third-order valence-corrected chi connectivity index (χ3v) is 1.99. The highest BCUT2D eigenvalue weighted by Crippen LogP contribution is 2.30. The number of halogens is 2. The van der Waals surface area contributed by atoms with E-state index >= 15 is 0 Å². The second-order valence-corrected chi connectivity index (χ2v) is 3.02. The molecule has 0 saturated carbocycles. The van der Waals surface area contributed by atoms with Gasteiger partial charge in [0, 0.05) is 11.6 Å². The maximum absolute atomic E-state index is 12.6. The highest BCUT2D eigenvalue weighted by Gasteiger charge is 2.28. The average Bonchev–Trinajstić information content (AvgIpc) is 2.28. The molecule has 1 aromatic rings. The Morgan fingerprint density at radius 2 is 2.18 bits per heavy atom. The molecule has 1 aromatic carbocycles. The van der Waals surface area contributed by atoms with Crippen LogP contribution in [0, 0.1) is 10.1 Å². The lowest BCUT2D eigenvalue weighted by molar-refractivity contribution is -0.385. The molecule has 0 N–H and O–H groups in total. The summed E-state index contributed by atoms with van der Waals surface area (Å²) in [5.74, 6) is -1.12. The standard InChI is InChI=1S/C10H9F2NO4/c1-2-17-10(14)8-6(9(11)12)4-3-5-7(8)13(15)16/h3-5,9H,2H2,1H3. The maximum atomic E-state index is 12.6. The van der Waals surface area contributed by atoms with Gasteiger partial charge in [0.15, 0.2) is 0 Å². The molecule has 17 heavy (non-hydrogen) atoms. The number of benzene rings is 1. The molecule has 0 amide bonds. The van der Waals surface area contributed by atoms with Crippen LogP contribution in [-0.2, 0) is 4.74 Å². The summed E-state index contributed by atoms with van der Waals surface area (Å²) >= 11 is 0. The van der Waals surface area contributed by atoms with Gasteiger partial charge in [-0.15, -0.1) is 0 Å². The second kappa shape index (κ2) is 5.33. The quantitative estimate of drug-likeness (QED) is 0.464. The van der Waals surface area contributed by atoms with Gasteiger partial charge in [-0.3, -0.25) is 10.1 Å². The van der Waals surface area contributed by atoms with E-state index in [2.05, 4.69) is 4.74 Å². The Hall–Kier alpha value is -2.05. The van der Waals surface area contributed by atoms with E-state index in [0.717, 1.165) is 18.2 Å². The number of nitro benzene ring substituents is 1. The zero-order valence-electron chi connectivity index (χ0n) is 8.85. The van der Waals surface area contributed by atoms with Gasteiger partial charge >= 0.3 is 5.97 Å². The lowest BCUT2D eigenvalue weighted by Crippen LogP contribution is -2.11. The fourth-order valence-corrected chi connectivity index (χ4v) is 1.32. The van der Waals surface area contributed by atoms with Crippen molar-refractivity contribution in [2.45, 2.75) is 13.3 Å². The molecule has 0 aliphatic heterocycles. The molecule has 92 valence electrons. The fourth-order valence-electron chi connectivity index (χ4n) is 1.32. The number of hydrogen-bond donors (Lipinski definition) is 0. The fraction of sp³-hybridized carbons (Fsp3) is 0.300. The summed E-state index contributed by atoms with van der Waals surface area (Å²) in [4.78, 5) is 21.2. The minimum absolute atomic E-state index is 0.0481. The molecule has 0 radical (unpaired) electrons. The number of carbonyl (C=O) groups is 1. The highest BCUT2D eigenvalue weighted by atomic mass is 19.3. The summed E-state index contributed by atoms with van der Waals surface area (Å²) in [5.41, 5.74) is -2.06. The van der Waals surface area contributed by atoms with Crippen molar-refractivity contribution < 1.29 is 23.2 Å². The van der Waals surface area contributed by atoms with Gasteiger partial charge < -0.3 is 4.74 Å². The van der Waals surface area contributed by atoms with Crippen LogP contribution in [0.1, 0.15) is 29.3 Å².